The van der Waals surface area contributed by atoms with Gasteiger partial charge in [0.05, 0.1) is 5.69 Å². The van der Waals surface area contributed by atoms with E-state index in [4.69, 9.17) is 0 Å². The fourth-order valence-electron chi connectivity index (χ4n) is 1.92. The van der Waals surface area contributed by atoms with E-state index in [9.17, 15) is 0 Å². The molecule has 0 aliphatic rings. The van der Waals surface area contributed by atoms with Crippen LogP contribution in [0.1, 0.15) is 31.8 Å². The Morgan fingerprint density at radius 1 is 1.00 bits per heavy atom. The highest BCUT2D eigenvalue weighted by Gasteiger charge is 2.12. The number of aromatic nitrogens is 4. The van der Waals surface area contributed by atoms with E-state index >= 15 is 0 Å². The van der Waals surface area contributed by atoms with E-state index in [0.29, 0.717) is 5.95 Å². The molecule has 0 radical (unpaired) electrons. The van der Waals surface area contributed by atoms with Gasteiger partial charge >= 0.3 is 0 Å². The second-order valence-electron chi connectivity index (χ2n) is 4.34. The van der Waals surface area contributed by atoms with Gasteiger partial charge in [-0.05, 0) is 19.8 Å². The predicted molar refractivity (Wildman–Crippen MR) is 77.6 cm³/mol. The van der Waals surface area contributed by atoms with Crippen LogP contribution in [0, 0.1) is 6.92 Å². The summed E-state index contributed by atoms with van der Waals surface area (Å²) in [6.07, 6.45) is 1.85. The minimum atomic E-state index is 0.648. The monoisotopic (exact) mass is 260 g/mol. The van der Waals surface area contributed by atoms with Gasteiger partial charge in [-0.3, -0.25) is 0 Å². The third kappa shape index (κ3) is 2.72. The molecule has 6 nitrogen and oxygen atoms in total. The van der Waals surface area contributed by atoms with Gasteiger partial charge in [0.15, 0.2) is 5.82 Å². The van der Waals surface area contributed by atoms with Crippen LogP contribution in [0.4, 0.5) is 11.8 Å². The van der Waals surface area contributed by atoms with Crippen molar-refractivity contribution in [3.8, 4) is 0 Å². The zero-order valence-electron chi connectivity index (χ0n) is 11.9. The molecule has 0 amide bonds. The molecule has 19 heavy (non-hydrogen) atoms. The summed E-state index contributed by atoms with van der Waals surface area (Å²) >= 11 is 0. The van der Waals surface area contributed by atoms with Crippen molar-refractivity contribution in [2.24, 2.45) is 0 Å². The normalized spacial score (nSPS) is 10.7. The maximum Gasteiger partial charge on any atom is 0.223 e. The van der Waals surface area contributed by atoms with Gasteiger partial charge in [0, 0.05) is 13.6 Å². The fourth-order valence-corrected chi connectivity index (χ4v) is 1.92. The number of aryl methyl sites for hydroxylation is 2. The molecule has 2 aromatic heterocycles. The summed E-state index contributed by atoms with van der Waals surface area (Å²) in [7, 11) is 1.84. The molecular weight excluding hydrogens is 240 g/mol. The molecule has 0 aliphatic heterocycles. The summed E-state index contributed by atoms with van der Waals surface area (Å²) in [5, 5.41) is 6.30. The minimum Gasteiger partial charge on any atom is -0.371 e. The number of hydrogen-bond donors (Lipinski definition) is 2. The molecule has 0 aromatic carbocycles. The van der Waals surface area contributed by atoms with Crippen LogP contribution >= 0.6 is 0 Å². The number of anilines is 2. The largest absolute Gasteiger partial charge is 0.371 e. The molecule has 0 saturated heterocycles. The number of nitrogens with zero attached hydrogens (tertiary/aromatic N) is 4. The summed E-state index contributed by atoms with van der Waals surface area (Å²) in [5.41, 5.74) is 2.56. The van der Waals surface area contributed by atoms with Gasteiger partial charge in [0.25, 0.3) is 0 Å². The van der Waals surface area contributed by atoms with Crippen molar-refractivity contribution in [3.05, 3.63) is 11.5 Å². The van der Waals surface area contributed by atoms with Crippen molar-refractivity contribution >= 4 is 22.8 Å². The van der Waals surface area contributed by atoms with Gasteiger partial charge in [-0.2, -0.15) is 0 Å². The van der Waals surface area contributed by atoms with Crippen LogP contribution in [0.25, 0.3) is 11.0 Å². The Labute approximate surface area is 113 Å². The lowest BCUT2D eigenvalue weighted by molar-refractivity contribution is 0.935. The summed E-state index contributed by atoms with van der Waals surface area (Å²) in [6.45, 7) is 6.92. The third-order valence-electron chi connectivity index (χ3n) is 2.83. The van der Waals surface area contributed by atoms with E-state index in [0.717, 1.165) is 47.8 Å². The van der Waals surface area contributed by atoms with Crippen LogP contribution in [0.2, 0.25) is 0 Å². The molecule has 0 unspecified atom stereocenters. The van der Waals surface area contributed by atoms with Crippen molar-refractivity contribution in [2.75, 3.05) is 24.2 Å². The molecule has 0 saturated carbocycles. The number of fused-ring (bicyclic) bond motifs is 1. The van der Waals surface area contributed by atoms with Crippen molar-refractivity contribution < 1.29 is 0 Å². The smallest absolute Gasteiger partial charge is 0.223 e. The van der Waals surface area contributed by atoms with Crippen molar-refractivity contribution in [2.45, 2.75) is 33.6 Å². The second-order valence-corrected chi connectivity index (χ2v) is 4.34. The predicted octanol–water partition coefficient (Wildman–Crippen LogP) is 2.15. The van der Waals surface area contributed by atoms with Gasteiger partial charge < -0.3 is 10.6 Å². The van der Waals surface area contributed by atoms with Crippen LogP contribution in [0.3, 0.4) is 0 Å². The Kier molecular flexibility index (Phi) is 4.09. The van der Waals surface area contributed by atoms with Gasteiger partial charge in [-0.25, -0.2) is 19.9 Å². The van der Waals surface area contributed by atoms with Crippen LogP contribution < -0.4 is 10.6 Å². The van der Waals surface area contributed by atoms with E-state index < -0.39 is 0 Å². The summed E-state index contributed by atoms with van der Waals surface area (Å²) in [5.74, 6) is 2.12. The number of nitrogens with one attached hydrogen (secondary N) is 2. The maximum atomic E-state index is 4.53. The van der Waals surface area contributed by atoms with Gasteiger partial charge in [-0.1, -0.05) is 13.8 Å². The summed E-state index contributed by atoms with van der Waals surface area (Å²) in [6, 6.07) is 0. The third-order valence-corrected chi connectivity index (χ3v) is 2.83. The summed E-state index contributed by atoms with van der Waals surface area (Å²) in [4.78, 5) is 17.9. The molecule has 0 fully saturated rings. The first-order chi connectivity index (χ1) is 9.19. The van der Waals surface area contributed by atoms with Crippen LogP contribution in [0.5, 0.6) is 0 Å². The standard InChI is InChI=1S/C13H20N6/c1-5-7-15-13-18-9(6-2)10-11(19-13)12(14-4)17-8(3)16-10/h5-7H2,1-4H3,(H,14,16,17)(H,15,18,19). The molecule has 6 heteroatoms. The molecule has 102 valence electrons. The molecule has 2 heterocycles. The zero-order valence-corrected chi connectivity index (χ0v) is 11.9. The van der Waals surface area contributed by atoms with Crippen molar-refractivity contribution in [3.63, 3.8) is 0 Å². The maximum absolute atomic E-state index is 4.53. The zero-order chi connectivity index (χ0) is 13.8. The van der Waals surface area contributed by atoms with Gasteiger partial charge in [-0.15, -0.1) is 0 Å². The Balaban J connectivity index is 2.62. The second kappa shape index (κ2) is 5.77. The lowest BCUT2D eigenvalue weighted by Gasteiger charge is -2.11. The Morgan fingerprint density at radius 2 is 1.79 bits per heavy atom. The van der Waals surface area contributed by atoms with E-state index in [1.54, 1.807) is 0 Å². The molecule has 0 aliphatic carbocycles. The molecule has 0 spiro atoms. The first-order valence-electron chi connectivity index (χ1n) is 6.66. The van der Waals surface area contributed by atoms with Crippen LogP contribution in [0.15, 0.2) is 0 Å². The van der Waals surface area contributed by atoms with Gasteiger partial charge in [0.1, 0.15) is 16.9 Å². The first-order valence-corrected chi connectivity index (χ1v) is 6.66. The average Bonchev–Trinajstić information content (AvgIpc) is 2.43. The fraction of sp³-hybridized carbons (Fsp3) is 0.538. The quantitative estimate of drug-likeness (QED) is 0.858. The van der Waals surface area contributed by atoms with E-state index in [-0.39, 0.29) is 0 Å². The topological polar surface area (TPSA) is 75.6 Å². The minimum absolute atomic E-state index is 0.648. The van der Waals surface area contributed by atoms with Crippen LogP contribution in [-0.4, -0.2) is 33.5 Å². The molecule has 0 atom stereocenters. The molecule has 0 bridgehead atoms. The summed E-state index contributed by atoms with van der Waals surface area (Å²) < 4.78 is 0. The Bertz CT molecular complexity index is 581. The highest BCUT2D eigenvalue weighted by atomic mass is 15.1. The van der Waals surface area contributed by atoms with E-state index in [2.05, 4.69) is 44.4 Å². The molecule has 2 aromatic rings. The lowest BCUT2D eigenvalue weighted by Crippen LogP contribution is -2.09. The van der Waals surface area contributed by atoms with Gasteiger partial charge in [0.2, 0.25) is 5.95 Å². The molecular formula is C13H20N6. The first kappa shape index (κ1) is 13.5. The Morgan fingerprint density at radius 3 is 2.42 bits per heavy atom. The van der Waals surface area contributed by atoms with Crippen LogP contribution in [-0.2, 0) is 6.42 Å². The van der Waals surface area contributed by atoms with Crippen molar-refractivity contribution in [1.82, 2.24) is 19.9 Å². The Hall–Kier alpha value is -1.98. The van der Waals surface area contributed by atoms with E-state index in [1.165, 1.54) is 0 Å². The molecule has 2 N–H and O–H groups in total. The van der Waals surface area contributed by atoms with Crippen molar-refractivity contribution in [1.29, 1.82) is 0 Å². The van der Waals surface area contributed by atoms with E-state index in [1.807, 2.05) is 14.0 Å². The molecule has 2 rings (SSSR count). The number of rotatable bonds is 5. The number of hydrogen-bond acceptors (Lipinski definition) is 6. The SMILES string of the molecule is CCCNc1nc(CC)c2nc(C)nc(NC)c2n1. The average molecular weight is 260 g/mol. The lowest BCUT2D eigenvalue weighted by atomic mass is 10.2. The highest BCUT2D eigenvalue weighted by Crippen LogP contribution is 2.22. The highest BCUT2D eigenvalue weighted by molar-refractivity contribution is 5.87.